The van der Waals surface area contributed by atoms with Gasteiger partial charge in [-0.05, 0) is 44.5 Å². The minimum Gasteiger partial charge on any atom is -0.383 e. The van der Waals surface area contributed by atoms with Gasteiger partial charge in [0.1, 0.15) is 12.1 Å². The highest BCUT2D eigenvalue weighted by Gasteiger charge is 2.47. The molecule has 158 valence electrons. The number of rotatable bonds is 8. The molecule has 2 rings (SSSR count). The lowest BCUT2D eigenvalue weighted by atomic mass is 9.93. The molecule has 0 bridgehead atoms. The number of methoxy groups -OCH3 is 1. The SMILES string of the molecule is COC[C@H](C)NC(=S)NNC(=O)CN1C(=O)N[C@](C)(CCc2ccccc2)C1=O. The average Bonchev–Trinajstić information content (AvgIpc) is 2.89. The third kappa shape index (κ3) is 6.40. The topological polar surface area (TPSA) is 112 Å². The molecule has 0 spiro atoms. The van der Waals surface area contributed by atoms with Crippen LogP contribution >= 0.6 is 12.2 Å². The molecule has 1 aliphatic heterocycles. The number of benzene rings is 1. The first-order valence-electron chi connectivity index (χ1n) is 9.27. The first-order chi connectivity index (χ1) is 13.7. The molecule has 4 amide bonds. The van der Waals surface area contributed by atoms with E-state index >= 15 is 0 Å². The van der Waals surface area contributed by atoms with Crippen molar-refractivity contribution in [1.82, 2.24) is 26.4 Å². The van der Waals surface area contributed by atoms with Gasteiger partial charge in [0, 0.05) is 13.2 Å². The third-order valence-electron chi connectivity index (χ3n) is 4.51. The summed E-state index contributed by atoms with van der Waals surface area (Å²) in [6.07, 6.45) is 1.06. The minimum atomic E-state index is -1.05. The van der Waals surface area contributed by atoms with E-state index in [2.05, 4.69) is 21.5 Å². The van der Waals surface area contributed by atoms with Crippen LogP contribution in [0.25, 0.3) is 0 Å². The lowest BCUT2D eigenvalue weighted by molar-refractivity contribution is -0.134. The van der Waals surface area contributed by atoms with Gasteiger partial charge in [0.2, 0.25) is 0 Å². The van der Waals surface area contributed by atoms with Crippen molar-refractivity contribution < 1.29 is 19.1 Å². The Morgan fingerprint density at radius 1 is 1.28 bits per heavy atom. The van der Waals surface area contributed by atoms with Gasteiger partial charge in [-0.15, -0.1) is 0 Å². The molecule has 10 heteroatoms. The Kier molecular flexibility index (Phi) is 7.91. The Bertz CT molecular complexity index is 760. The third-order valence-corrected chi connectivity index (χ3v) is 4.73. The van der Waals surface area contributed by atoms with Crippen molar-refractivity contribution in [2.75, 3.05) is 20.3 Å². The van der Waals surface area contributed by atoms with Crippen molar-refractivity contribution in [3.63, 3.8) is 0 Å². The van der Waals surface area contributed by atoms with Crippen LogP contribution in [0.4, 0.5) is 4.79 Å². The molecule has 2 atom stereocenters. The smallest absolute Gasteiger partial charge is 0.325 e. The summed E-state index contributed by atoms with van der Waals surface area (Å²) in [5, 5.41) is 5.81. The Morgan fingerprint density at radius 2 is 1.97 bits per heavy atom. The van der Waals surface area contributed by atoms with E-state index in [1.54, 1.807) is 14.0 Å². The fraction of sp³-hybridized carbons (Fsp3) is 0.474. The summed E-state index contributed by atoms with van der Waals surface area (Å²) in [7, 11) is 1.57. The Balaban J connectivity index is 1.84. The van der Waals surface area contributed by atoms with E-state index in [1.165, 1.54) is 0 Å². The van der Waals surface area contributed by atoms with Crippen LogP contribution in [0.1, 0.15) is 25.8 Å². The van der Waals surface area contributed by atoms with Gasteiger partial charge >= 0.3 is 6.03 Å². The van der Waals surface area contributed by atoms with Crippen LogP contribution in [0.5, 0.6) is 0 Å². The van der Waals surface area contributed by atoms with Crippen LogP contribution in [0.15, 0.2) is 30.3 Å². The van der Waals surface area contributed by atoms with Crippen LogP contribution in [-0.2, 0) is 20.7 Å². The molecule has 0 unspecified atom stereocenters. The van der Waals surface area contributed by atoms with Crippen molar-refractivity contribution in [2.45, 2.75) is 38.3 Å². The van der Waals surface area contributed by atoms with Crippen molar-refractivity contribution in [1.29, 1.82) is 0 Å². The molecule has 1 saturated heterocycles. The second-order valence-corrected chi connectivity index (χ2v) is 7.55. The summed E-state index contributed by atoms with van der Waals surface area (Å²) in [5.41, 5.74) is 4.93. The monoisotopic (exact) mass is 421 g/mol. The fourth-order valence-corrected chi connectivity index (χ4v) is 3.21. The van der Waals surface area contributed by atoms with E-state index in [9.17, 15) is 14.4 Å². The Morgan fingerprint density at radius 3 is 2.62 bits per heavy atom. The van der Waals surface area contributed by atoms with E-state index in [0.29, 0.717) is 19.4 Å². The maximum atomic E-state index is 12.7. The predicted molar refractivity (Wildman–Crippen MR) is 112 cm³/mol. The molecule has 1 heterocycles. The molecule has 29 heavy (non-hydrogen) atoms. The van der Waals surface area contributed by atoms with Gasteiger partial charge in [-0.3, -0.25) is 25.3 Å². The number of amides is 4. The summed E-state index contributed by atoms with van der Waals surface area (Å²) in [5.74, 6) is -0.993. The maximum Gasteiger partial charge on any atom is 0.325 e. The van der Waals surface area contributed by atoms with Crippen LogP contribution in [0, 0.1) is 0 Å². The van der Waals surface area contributed by atoms with Gasteiger partial charge in [-0.2, -0.15) is 0 Å². The average molecular weight is 422 g/mol. The number of hydrazine groups is 1. The van der Waals surface area contributed by atoms with Crippen molar-refractivity contribution in [3.05, 3.63) is 35.9 Å². The molecule has 0 radical (unpaired) electrons. The van der Waals surface area contributed by atoms with Crippen LogP contribution in [0.2, 0.25) is 0 Å². The zero-order chi connectivity index (χ0) is 21.4. The molecule has 1 aromatic carbocycles. The summed E-state index contributed by atoms with van der Waals surface area (Å²) in [6, 6.07) is 9.06. The van der Waals surface area contributed by atoms with Crippen LogP contribution in [0.3, 0.4) is 0 Å². The summed E-state index contributed by atoms with van der Waals surface area (Å²) in [4.78, 5) is 38.0. The number of hydrogen-bond donors (Lipinski definition) is 4. The van der Waals surface area contributed by atoms with Gasteiger partial charge in [0.05, 0.1) is 6.61 Å². The number of hydrogen-bond acceptors (Lipinski definition) is 5. The van der Waals surface area contributed by atoms with Crippen molar-refractivity contribution in [3.8, 4) is 0 Å². The van der Waals surface area contributed by atoms with Gasteiger partial charge < -0.3 is 15.4 Å². The fourth-order valence-electron chi connectivity index (χ4n) is 2.96. The van der Waals surface area contributed by atoms with Gasteiger partial charge in [0.15, 0.2) is 5.11 Å². The standard InChI is InChI=1S/C19H27N5O4S/c1-13(12-28-3)20-17(29)23-22-15(25)11-24-16(26)19(2,21-18(24)27)10-9-14-7-5-4-6-8-14/h4-8,13H,9-12H2,1-3H3,(H,21,27)(H,22,25)(H2,20,23,29)/t13-,19+/m0/s1. The largest absolute Gasteiger partial charge is 0.383 e. The lowest BCUT2D eigenvalue weighted by Gasteiger charge is -2.21. The molecular formula is C19H27N5O4S. The van der Waals surface area contributed by atoms with Crippen LogP contribution in [-0.4, -0.2) is 59.7 Å². The van der Waals surface area contributed by atoms with Crippen LogP contribution < -0.4 is 21.5 Å². The zero-order valence-corrected chi connectivity index (χ0v) is 17.6. The highest BCUT2D eigenvalue weighted by atomic mass is 32.1. The van der Waals surface area contributed by atoms with E-state index < -0.39 is 29.9 Å². The molecule has 9 nitrogen and oxygen atoms in total. The first-order valence-corrected chi connectivity index (χ1v) is 9.68. The number of thiocarbonyl (C=S) groups is 1. The number of nitrogens with zero attached hydrogens (tertiary/aromatic N) is 1. The molecule has 0 saturated carbocycles. The highest BCUT2D eigenvalue weighted by Crippen LogP contribution is 2.23. The number of aryl methyl sites for hydroxylation is 1. The second-order valence-electron chi connectivity index (χ2n) is 7.14. The molecule has 1 aromatic rings. The summed E-state index contributed by atoms with van der Waals surface area (Å²) in [6.45, 7) is 3.57. The number of carbonyl (C=O) groups excluding carboxylic acids is 3. The predicted octanol–water partition coefficient (Wildman–Crippen LogP) is 0.460. The lowest BCUT2D eigenvalue weighted by Crippen LogP contribution is -2.52. The van der Waals surface area contributed by atoms with Crippen molar-refractivity contribution >= 4 is 35.2 Å². The minimum absolute atomic E-state index is 0.0480. The Hall–Kier alpha value is -2.72. The van der Waals surface area contributed by atoms with E-state index in [-0.39, 0.29) is 11.2 Å². The molecule has 4 N–H and O–H groups in total. The van der Waals surface area contributed by atoms with Gasteiger partial charge in [-0.25, -0.2) is 4.79 Å². The van der Waals surface area contributed by atoms with E-state index in [4.69, 9.17) is 17.0 Å². The molecule has 0 aromatic heterocycles. The van der Waals surface area contributed by atoms with E-state index in [0.717, 1.165) is 10.5 Å². The zero-order valence-electron chi connectivity index (χ0n) is 16.8. The first kappa shape index (κ1) is 22.6. The number of imide groups is 1. The van der Waals surface area contributed by atoms with Gasteiger partial charge in [-0.1, -0.05) is 30.3 Å². The van der Waals surface area contributed by atoms with Crippen molar-refractivity contribution in [2.24, 2.45) is 0 Å². The second kappa shape index (κ2) is 10.2. The molecular weight excluding hydrogens is 394 g/mol. The number of urea groups is 1. The number of nitrogens with one attached hydrogen (secondary N) is 4. The normalized spacial score (nSPS) is 19.5. The highest BCUT2D eigenvalue weighted by molar-refractivity contribution is 7.80. The summed E-state index contributed by atoms with van der Waals surface area (Å²) >= 11 is 5.06. The quantitative estimate of drug-likeness (QED) is 0.274. The molecule has 1 fully saturated rings. The van der Waals surface area contributed by atoms with Gasteiger partial charge in [0.25, 0.3) is 11.8 Å². The maximum absolute atomic E-state index is 12.7. The summed E-state index contributed by atoms with van der Waals surface area (Å²) < 4.78 is 4.98. The number of carbonyl (C=O) groups is 3. The number of ether oxygens (including phenoxy) is 1. The Labute approximate surface area is 175 Å². The van der Waals surface area contributed by atoms with E-state index in [1.807, 2.05) is 37.3 Å². The molecule has 0 aliphatic carbocycles. The molecule has 1 aliphatic rings.